The van der Waals surface area contributed by atoms with Crippen LogP contribution in [0.1, 0.15) is 18.5 Å². The van der Waals surface area contributed by atoms with Crippen LogP contribution in [0.4, 0.5) is 20.0 Å². The lowest BCUT2D eigenvalue weighted by Gasteiger charge is -2.24. The Kier molecular flexibility index (Phi) is 5.94. The molecule has 2 saturated heterocycles. The molecule has 9 heteroatoms. The van der Waals surface area contributed by atoms with E-state index >= 15 is 0 Å². The van der Waals surface area contributed by atoms with E-state index in [0.29, 0.717) is 43.5 Å². The van der Waals surface area contributed by atoms with Crippen LogP contribution >= 0.6 is 11.3 Å². The van der Waals surface area contributed by atoms with E-state index in [2.05, 4.69) is 15.2 Å². The van der Waals surface area contributed by atoms with Crippen molar-refractivity contribution >= 4 is 34.1 Å². The second-order valence-corrected chi connectivity index (χ2v) is 8.07. The first kappa shape index (κ1) is 19.6. The number of benzene rings is 1. The molecule has 2 aromatic rings. The smallest absolute Gasteiger partial charge is 0.323 e. The van der Waals surface area contributed by atoms with Gasteiger partial charge in [0.15, 0.2) is 5.13 Å². The van der Waals surface area contributed by atoms with Crippen LogP contribution in [0.2, 0.25) is 0 Å². The van der Waals surface area contributed by atoms with E-state index < -0.39 is 0 Å². The molecule has 3 amide bonds. The summed E-state index contributed by atoms with van der Waals surface area (Å²) in [5.74, 6) is -0.198. The summed E-state index contributed by atoms with van der Waals surface area (Å²) < 4.78 is 13.1. The highest BCUT2D eigenvalue weighted by Crippen LogP contribution is 2.23. The zero-order valence-electron chi connectivity index (χ0n) is 16.1. The van der Waals surface area contributed by atoms with Gasteiger partial charge in [0.25, 0.3) is 0 Å². The highest BCUT2D eigenvalue weighted by atomic mass is 32.1. The maximum absolute atomic E-state index is 13.1. The fourth-order valence-electron chi connectivity index (χ4n) is 3.66. The minimum Gasteiger partial charge on any atom is -0.370 e. The molecule has 1 aromatic carbocycles. The second kappa shape index (κ2) is 8.77. The van der Waals surface area contributed by atoms with Crippen molar-refractivity contribution in [2.45, 2.75) is 19.3 Å². The molecule has 0 saturated carbocycles. The highest BCUT2D eigenvalue weighted by Gasteiger charge is 2.24. The first-order valence-electron chi connectivity index (χ1n) is 9.88. The molecule has 0 atom stereocenters. The zero-order chi connectivity index (χ0) is 20.2. The third-order valence-corrected chi connectivity index (χ3v) is 6.14. The van der Waals surface area contributed by atoms with E-state index in [1.54, 1.807) is 17.0 Å². The van der Waals surface area contributed by atoms with Crippen molar-refractivity contribution in [1.29, 1.82) is 0 Å². The number of amides is 3. The first-order chi connectivity index (χ1) is 14.1. The average Bonchev–Trinajstić information content (AvgIpc) is 3.03. The monoisotopic (exact) mass is 417 g/mol. The van der Waals surface area contributed by atoms with Gasteiger partial charge in [0.2, 0.25) is 5.91 Å². The SMILES string of the molecule is O=C(Cc1csc(N2CCCNC2=O)n1)N1CCCN(c2ccc(F)cc2)CC1. The molecule has 4 rings (SSSR count). The van der Waals surface area contributed by atoms with Crippen molar-refractivity contribution in [1.82, 2.24) is 15.2 Å². The van der Waals surface area contributed by atoms with E-state index in [1.807, 2.05) is 10.3 Å². The van der Waals surface area contributed by atoms with Crippen LogP contribution in [0.25, 0.3) is 0 Å². The molecule has 2 aliphatic heterocycles. The minimum absolute atomic E-state index is 0.0471. The van der Waals surface area contributed by atoms with Crippen LogP contribution in [0.3, 0.4) is 0 Å². The summed E-state index contributed by atoms with van der Waals surface area (Å²) in [6.07, 6.45) is 1.99. The van der Waals surface area contributed by atoms with Gasteiger partial charge in [0.1, 0.15) is 5.82 Å². The average molecular weight is 418 g/mol. The van der Waals surface area contributed by atoms with Crippen molar-refractivity contribution in [3.8, 4) is 0 Å². The fraction of sp³-hybridized carbons (Fsp3) is 0.450. The Balaban J connectivity index is 1.34. The number of hydrogen-bond acceptors (Lipinski definition) is 5. The zero-order valence-corrected chi connectivity index (χ0v) is 17.0. The Bertz CT molecular complexity index is 872. The summed E-state index contributed by atoms with van der Waals surface area (Å²) in [6, 6.07) is 6.36. The summed E-state index contributed by atoms with van der Waals surface area (Å²) in [6.45, 7) is 4.21. The lowest BCUT2D eigenvalue weighted by Crippen LogP contribution is -2.46. The number of halogens is 1. The Morgan fingerprint density at radius 3 is 2.72 bits per heavy atom. The number of nitrogens with zero attached hydrogens (tertiary/aromatic N) is 4. The van der Waals surface area contributed by atoms with Gasteiger partial charge in [-0.2, -0.15) is 0 Å². The second-order valence-electron chi connectivity index (χ2n) is 7.23. The molecule has 154 valence electrons. The quantitative estimate of drug-likeness (QED) is 0.830. The van der Waals surface area contributed by atoms with Gasteiger partial charge < -0.3 is 15.1 Å². The van der Waals surface area contributed by atoms with Crippen molar-refractivity contribution in [3.63, 3.8) is 0 Å². The van der Waals surface area contributed by atoms with Crippen molar-refractivity contribution < 1.29 is 14.0 Å². The molecule has 0 unspecified atom stereocenters. The standard InChI is InChI=1S/C20H24FN5O2S/c21-15-3-5-17(6-4-15)24-8-2-9-25(12-11-24)18(27)13-16-14-29-20(23-16)26-10-1-7-22-19(26)28/h3-6,14H,1-2,7-13H2,(H,22,28). The van der Waals surface area contributed by atoms with E-state index in [1.165, 1.54) is 23.5 Å². The molecule has 29 heavy (non-hydrogen) atoms. The van der Waals surface area contributed by atoms with Gasteiger partial charge in [-0.25, -0.2) is 14.2 Å². The van der Waals surface area contributed by atoms with Gasteiger partial charge in [-0.15, -0.1) is 11.3 Å². The lowest BCUT2D eigenvalue weighted by atomic mass is 10.2. The molecule has 0 spiro atoms. The number of thiazole rings is 1. The summed E-state index contributed by atoms with van der Waals surface area (Å²) in [5.41, 5.74) is 1.68. The molecule has 1 aromatic heterocycles. The molecule has 7 nitrogen and oxygen atoms in total. The Morgan fingerprint density at radius 1 is 1.10 bits per heavy atom. The predicted octanol–water partition coefficient (Wildman–Crippen LogP) is 2.48. The molecule has 2 fully saturated rings. The molecular weight excluding hydrogens is 393 g/mol. The summed E-state index contributed by atoms with van der Waals surface area (Å²) in [4.78, 5) is 34.9. The largest absolute Gasteiger partial charge is 0.370 e. The van der Waals surface area contributed by atoms with Crippen molar-refractivity contribution in [3.05, 3.63) is 41.2 Å². The van der Waals surface area contributed by atoms with E-state index in [4.69, 9.17) is 0 Å². The summed E-state index contributed by atoms with van der Waals surface area (Å²) >= 11 is 1.40. The number of anilines is 2. The number of carbonyl (C=O) groups excluding carboxylic acids is 2. The molecule has 2 aliphatic rings. The van der Waals surface area contributed by atoms with Crippen molar-refractivity contribution in [2.75, 3.05) is 49.1 Å². The number of hydrogen-bond donors (Lipinski definition) is 1. The Morgan fingerprint density at radius 2 is 1.93 bits per heavy atom. The van der Waals surface area contributed by atoms with Gasteiger partial charge in [0.05, 0.1) is 12.1 Å². The number of rotatable bonds is 4. The van der Waals surface area contributed by atoms with Crippen LogP contribution < -0.4 is 15.1 Å². The maximum Gasteiger partial charge on any atom is 0.323 e. The van der Waals surface area contributed by atoms with Gasteiger partial charge in [0, 0.05) is 50.3 Å². The first-order valence-corrected chi connectivity index (χ1v) is 10.8. The number of aromatic nitrogens is 1. The maximum atomic E-state index is 13.1. The number of carbonyl (C=O) groups is 2. The third-order valence-electron chi connectivity index (χ3n) is 5.22. The molecule has 0 aliphatic carbocycles. The van der Waals surface area contributed by atoms with E-state index in [0.717, 1.165) is 25.1 Å². The number of urea groups is 1. The van der Waals surface area contributed by atoms with Crippen LogP contribution in [0, 0.1) is 5.82 Å². The highest BCUT2D eigenvalue weighted by molar-refractivity contribution is 7.14. The van der Waals surface area contributed by atoms with Crippen LogP contribution in [0.5, 0.6) is 0 Å². The molecule has 0 radical (unpaired) electrons. The third kappa shape index (κ3) is 4.67. The molecule has 1 N–H and O–H groups in total. The van der Waals surface area contributed by atoms with Gasteiger partial charge >= 0.3 is 6.03 Å². The molecule has 0 bridgehead atoms. The summed E-state index contributed by atoms with van der Waals surface area (Å²) in [7, 11) is 0. The van der Waals surface area contributed by atoms with Crippen LogP contribution in [0.15, 0.2) is 29.6 Å². The van der Waals surface area contributed by atoms with E-state index in [9.17, 15) is 14.0 Å². The molecular formula is C20H24FN5O2S. The van der Waals surface area contributed by atoms with Gasteiger partial charge in [-0.05, 0) is 37.1 Å². The number of nitrogens with one attached hydrogen (secondary N) is 1. The minimum atomic E-state index is -0.245. The van der Waals surface area contributed by atoms with Gasteiger partial charge in [-0.3, -0.25) is 9.69 Å². The fourth-order valence-corrected chi connectivity index (χ4v) is 4.51. The van der Waals surface area contributed by atoms with Crippen LogP contribution in [-0.2, 0) is 11.2 Å². The van der Waals surface area contributed by atoms with Crippen molar-refractivity contribution in [2.24, 2.45) is 0 Å². The topological polar surface area (TPSA) is 68.8 Å². The molecule has 3 heterocycles. The van der Waals surface area contributed by atoms with E-state index in [-0.39, 0.29) is 24.2 Å². The Hall–Kier alpha value is -2.68. The predicted molar refractivity (Wildman–Crippen MR) is 111 cm³/mol. The van der Waals surface area contributed by atoms with Crippen LogP contribution in [-0.4, -0.2) is 61.1 Å². The lowest BCUT2D eigenvalue weighted by molar-refractivity contribution is -0.130. The Labute approximate surface area is 173 Å². The normalized spacial score (nSPS) is 17.8. The summed E-state index contributed by atoms with van der Waals surface area (Å²) in [5, 5.41) is 5.31. The van der Waals surface area contributed by atoms with Gasteiger partial charge in [-0.1, -0.05) is 0 Å².